The van der Waals surface area contributed by atoms with Gasteiger partial charge in [-0.25, -0.2) is 8.78 Å². The number of methoxy groups -OCH3 is 3. The van der Waals surface area contributed by atoms with Crippen LogP contribution in [-0.2, 0) is 4.79 Å². The lowest BCUT2D eigenvalue weighted by molar-refractivity contribution is -0.111. The zero-order valence-electron chi connectivity index (χ0n) is 13.9. The molecular formula is C18H17F2NO4. The van der Waals surface area contributed by atoms with E-state index in [0.717, 1.165) is 12.1 Å². The van der Waals surface area contributed by atoms with E-state index in [9.17, 15) is 13.6 Å². The van der Waals surface area contributed by atoms with Crippen LogP contribution in [0.25, 0.3) is 6.08 Å². The molecule has 0 heterocycles. The normalized spacial score (nSPS) is 10.6. The lowest BCUT2D eigenvalue weighted by atomic mass is 10.1. The number of carbonyl (C=O) groups excluding carboxylic acids is 1. The zero-order valence-corrected chi connectivity index (χ0v) is 13.9. The molecule has 0 aliphatic heterocycles. The van der Waals surface area contributed by atoms with E-state index >= 15 is 0 Å². The Kier molecular flexibility index (Phi) is 5.94. The molecule has 0 spiro atoms. The summed E-state index contributed by atoms with van der Waals surface area (Å²) in [6.45, 7) is 0. The molecular weight excluding hydrogens is 332 g/mol. The van der Waals surface area contributed by atoms with Crippen molar-refractivity contribution in [3.63, 3.8) is 0 Å². The number of carbonyl (C=O) groups is 1. The Morgan fingerprint density at radius 1 is 1.00 bits per heavy atom. The second kappa shape index (κ2) is 8.14. The van der Waals surface area contributed by atoms with Crippen LogP contribution in [0.5, 0.6) is 17.2 Å². The number of amides is 1. The molecule has 0 aliphatic carbocycles. The molecule has 7 heteroatoms. The number of halogens is 2. The third-order valence-corrected chi connectivity index (χ3v) is 3.30. The minimum Gasteiger partial charge on any atom is -0.493 e. The van der Waals surface area contributed by atoms with E-state index in [0.29, 0.717) is 28.9 Å². The van der Waals surface area contributed by atoms with E-state index in [1.54, 1.807) is 12.1 Å². The number of ether oxygens (including phenoxy) is 3. The molecule has 1 amide bonds. The summed E-state index contributed by atoms with van der Waals surface area (Å²) in [7, 11) is 4.45. The number of anilines is 1. The Hall–Kier alpha value is -3.09. The van der Waals surface area contributed by atoms with Gasteiger partial charge in [0.15, 0.2) is 11.5 Å². The van der Waals surface area contributed by atoms with Gasteiger partial charge in [-0.2, -0.15) is 0 Å². The molecule has 2 rings (SSSR count). The van der Waals surface area contributed by atoms with Crippen molar-refractivity contribution in [3.05, 3.63) is 53.6 Å². The van der Waals surface area contributed by atoms with Crippen LogP contribution in [0.4, 0.5) is 14.5 Å². The summed E-state index contributed by atoms with van der Waals surface area (Å²) in [5.74, 6) is -0.838. The fraction of sp³-hybridized carbons (Fsp3) is 0.167. The van der Waals surface area contributed by atoms with Gasteiger partial charge in [0.2, 0.25) is 11.7 Å². The van der Waals surface area contributed by atoms with Crippen LogP contribution in [-0.4, -0.2) is 27.2 Å². The van der Waals surface area contributed by atoms with Gasteiger partial charge in [0.1, 0.15) is 11.6 Å². The molecule has 0 bridgehead atoms. The predicted octanol–water partition coefficient (Wildman–Crippen LogP) is 3.64. The standard InChI is InChI=1S/C18H17F2NO4/c1-23-15-8-11(9-16(24-2)18(15)25-3)4-7-17(22)21-14-6-5-12(19)10-13(14)20/h4-10H,1-3H3,(H,21,22). The summed E-state index contributed by atoms with van der Waals surface area (Å²) in [5, 5.41) is 2.33. The van der Waals surface area contributed by atoms with Crippen LogP contribution in [0.15, 0.2) is 36.4 Å². The smallest absolute Gasteiger partial charge is 0.248 e. The van der Waals surface area contributed by atoms with Gasteiger partial charge in [-0.3, -0.25) is 4.79 Å². The molecule has 0 atom stereocenters. The first kappa shape index (κ1) is 18.3. The first-order valence-corrected chi connectivity index (χ1v) is 7.22. The third-order valence-electron chi connectivity index (χ3n) is 3.30. The minimum absolute atomic E-state index is 0.110. The van der Waals surface area contributed by atoms with Gasteiger partial charge in [-0.15, -0.1) is 0 Å². The molecule has 0 saturated heterocycles. The first-order valence-electron chi connectivity index (χ1n) is 7.22. The van der Waals surface area contributed by atoms with Crippen molar-refractivity contribution in [1.82, 2.24) is 0 Å². The van der Waals surface area contributed by atoms with E-state index in [1.807, 2.05) is 0 Å². The lowest BCUT2D eigenvalue weighted by Gasteiger charge is -2.12. The van der Waals surface area contributed by atoms with Gasteiger partial charge in [0.05, 0.1) is 27.0 Å². The highest BCUT2D eigenvalue weighted by Gasteiger charge is 2.12. The molecule has 132 valence electrons. The number of nitrogens with one attached hydrogen (secondary N) is 1. The summed E-state index contributed by atoms with van der Waals surface area (Å²) in [4.78, 5) is 11.9. The Morgan fingerprint density at radius 3 is 2.16 bits per heavy atom. The van der Waals surface area contributed by atoms with Gasteiger partial charge in [-0.1, -0.05) is 0 Å². The second-order valence-corrected chi connectivity index (χ2v) is 4.91. The van der Waals surface area contributed by atoms with Crippen LogP contribution < -0.4 is 19.5 Å². The van der Waals surface area contributed by atoms with Gasteiger partial charge in [-0.05, 0) is 35.9 Å². The highest BCUT2D eigenvalue weighted by atomic mass is 19.1. The Balaban J connectivity index is 2.19. The van der Waals surface area contributed by atoms with Gasteiger partial charge < -0.3 is 19.5 Å². The molecule has 0 aliphatic rings. The largest absolute Gasteiger partial charge is 0.493 e. The summed E-state index contributed by atoms with van der Waals surface area (Å²) < 4.78 is 42.1. The highest BCUT2D eigenvalue weighted by molar-refractivity contribution is 6.02. The van der Waals surface area contributed by atoms with Crippen LogP contribution in [0.1, 0.15) is 5.56 Å². The Bertz CT molecular complexity index is 781. The summed E-state index contributed by atoms with van der Waals surface area (Å²) >= 11 is 0. The van der Waals surface area contributed by atoms with Crippen LogP contribution >= 0.6 is 0 Å². The van der Waals surface area contributed by atoms with Crippen molar-refractivity contribution in [2.45, 2.75) is 0 Å². The van der Waals surface area contributed by atoms with Gasteiger partial charge in [0.25, 0.3) is 0 Å². The van der Waals surface area contributed by atoms with Crippen molar-refractivity contribution >= 4 is 17.7 Å². The molecule has 0 unspecified atom stereocenters. The van der Waals surface area contributed by atoms with Crippen LogP contribution in [0.3, 0.4) is 0 Å². The van der Waals surface area contributed by atoms with Gasteiger partial charge in [0, 0.05) is 12.1 Å². The zero-order chi connectivity index (χ0) is 18.4. The number of hydrogen-bond acceptors (Lipinski definition) is 4. The van der Waals surface area contributed by atoms with Crippen molar-refractivity contribution in [2.75, 3.05) is 26.6 Å². The second-order valence-electron chi connectivity index (χ2n) is 4.91. The molecule has 2 aromatic carbocycles. The monoisotopic (exact) mass is 349 g/mol. The van der Waals surface area contributed by atoms with E-state index in [4.69, 9.17) is 14.2 Å². The average Bonchev–Trinajstić information content (AvgIpc) is 2.61. The number of benzene rings is 2. The molecule has 5 nitrogen and oxygen atoms in total. The molecule has 0 fully saturated rings. The van der Waals surface area contributed by atoms with Crippen LogP contribution in [0.2, 0.25) is 0 Å². The Labute approximate surface area is 143 Å². The predicted molar refractivity (Wildman–Crippen MR) is 90.1 cm³/mol. The van der Waals surface area contributed by atoms with Crippen LogP contribution in [0, 0.1) is 11.6 Å². The number of hydrogen-bond donors (Lipinski definition) is 1. The number of rotatable bonds is 6. The lowest BCUT2D eigenvalue weighted by Crippen LogP contribution is -2.09. The SMILES string of the molecule is COc1cc(C=CC(=O)Nc2ccc(F)cc2F)cc(OC)c1OC. The van der Waals surface area contributed by atoms with E-state index < -0.39 is 17.5 Å². The van der Waals surface area contributed by atoms with E-state index in [1.165, 1.54) is 33.5 Å². The summed E-state index contributed by atoms with van der Waals surface area (Å²) in [5.41, 5.74) is 0.505. The van der Waals surface area contributed by atoms with Crippen molar-refractivity contribution in [3.8, 4) is 17.2 Å². The summed E-state index contributed by atoms with van der Waals surface area (Å²) in [6.07, 6.45) is 2.71. The van der Waals surface area contributed by atoms with E-state index in [2.05, 4.69) is 5.32 Å². The highest BCUT2D eigenvalue weighted by Crippen LogP contribution is 2.38. The van der Waals surface area contributed by atoms with Gasteiger partial charge >= 0.3 is 0 Å². The average molecular weight is 349 g/mol. The molecule has 1 N–H and O–H groups in total. The molecule has 0 radical (unpaired) electrons. The van der Waals surface area contributed by atoms with E-state index in [-0.39, 0.29) is 5.69 Å². The Morgan fingerprint density at radius 2 is 1.64 bits per heavy atom. The summed E-state index contributed by atoms with van der Waals surface area (Å²) in [6, 6.07) is 6.21. The van der Waals surface area contributed by atoms with Crippen molar-refractivity contribution in [2.24, 2.45) is 0 Å². The van der Waals surface area contributed by atoms with Crippen molar-refractivity contribution in [1.29, 1.82) is 0 Å². The topological polar surface area (TPSA) is 56.8 Å². The fourth-order valence-electron chi connectivity index (χ4n) is 2.13. The quantitative estimate of drug-likeness (QED) is 0.809. The molecule has 0 aromatic heterocycles. The maximum atomic E-state index is 13.5. The maximum Gasteiger partial charge on any atom is 0.248 e. The maximum absolute atomic E-state index is 13.5. The third kappa shape index (κ3) is 4.47. The minimum atomic E-state index is -0.852. The fourth-order valence-corrected chi connectivity index (χ4v) is 2.13. The molecule has 25 heavy (non-hydrogen) atoms. The molecule has 2 aromatic rings. The molecule has 0 saturated carbocycles. The van der Waals surface area contributed by atoms with Crippen molar-refractivity contribution < 1.29 is 27.8 Å². The first-order chi connectivity index (χ1) is 12.0.